The first-order valence-corrected chi connectivity index (χ1v) is 6.05. The smallest absolute Gasteiger partial charge is 0.271 e. The van der Waals surface area contributed by atoms with Gasteiger partial charge in [-0.15, -0.1) is 0 Å². The predicted molar refractivity (Wildman–Crippen MR) is 75.0 cm³/mol. The molecule has 0 aliphatic carbocycles. The number of nitrogens with one attached hydrogen (secondary N) is 1. The molecule has 2 rings (SSSR count). The van der Waals surface area contributed by atoms with E-state index in [1.807, 2.05) is 0 Å². The minimum absolute atomic E-state index is 0.0739. The van der Waals surface area contributed by atoms with E-state index in [0.717, 1.165) is 0 Å². The topological polar surface area (TPSA) is 84.6 Å². The molecule has 0 saturated heterocycles. The summed E-state index contributed by atoms with van der Waals surface area (Å²) in [5, 5.41) is 22.8. The fourth-order valence-electron chi connectivity index (χ4n) is 1.81. The molecule has 0 amide bonds. The Morgan fingerprint density at radius 1 is 1.33 bits per heavy atom. The van der Waals surface area contributed by atoms with Crippen LogP contribution in [0.5, 0.6) is 11.5 Å². The number of aromatic hydroxyl groups is 1. The number of hydrogen-bond donors (Lipinski definition) is 2. The van der Waals surface area contributed by atoms with Crippen molar-refractivity contribution in [1.82, 2.24) is 0 Å². The maximum Gasteiger partial charge on any atom is 0.271 e. The summed E-state index contributed by atoms with van der Waals surface area (Å²) < 4.78 is 18.3. The maximum atomic E-state index is 13.2. The van der Waals surface area contributed by atoms with Gasteiger partial charge in [-0.05, 0) is 23.8 Å². The molecule has 2 aromatic rings. The van der Waals surface area contributed by atoms with Gasteiger partial charge in [0.25, 0.3) is 5.69 Å². The van der Waals surface area contributed by atoms with Crippen molar-refractivity contribution in [2.24, 2.45) is 0 Å². The van der Waals surface area contributed by atoms with Gasteiger partial charge in [0.2, 0.25) is 0 Å². The molecule has 0 bridgehead atoms. The molecule has 0 radical (unpaired) electrons. The molecule has 0 aromatic heterocycles. The summed E-state index contributed by atoms with van der Waals surface area (Å²) in [5.41, 5.74) is 0.939. The lowest BCUT2D eigenvalue weighted by molar-refractivity contribution is -0.384. The first kappa shape index (κ1) is 14.6. The van der Waals surface area contributed by atoms with Crippen LogP contribution in [0.25, 0.3) is 0 Å². The number of phenolic OH excluding ortho intramolecular Hbond substituents is 1. The molecule has 7 heteroatoms. The molecule has 0 atom stereocenters. The second-order valence-electron chi connectivity index (χ2n) is 4.28. The van der Waals surface area contributed by atoms with Gasteiger partial charge in [0.05, 0.1) is 17.7 Å². The van der Waals surface area contributed by atoms with Gasteiger partial charge >= 0.3 is 0 Å². The second kappa shape index (κ2) is 6.08. The third kappa shape index (κ3) is 3.38. The predicted octanol–water partition coefficient (Wildman–Crippen LogP) is 3.06. The van der Waals surface area contributed by atoms with E-state index in [-0.39, 0.29) is 12.2 Å². The molecule has 21 heavy (non-hydrogen) atoms. The summed E-state index contributed by atoms with van der Waals surface area (Å²) in [7, 11) is 1.45. The summed E-state index contributed by atoms with van der Waals surface area (Å²) in [6, 6.07) is 8.15. The number of halogens is 1. The van der Waals surface area contributed by atoms with E-state index in [1.54, 1.807) is 6.07 Å². The average molecular weight is 292 g/mol. The normalized spacial score (nSPS) is 10.2. The Labute approximate surface area is 119 Å². The van der Waals surface area contributed by atoms with Gasteiger partial charge in [-0.1, -0.05) is 6.07 Å². The fraction of sp³-hybridized carbons (Fsp3) is 0.143. The largest absolute Gasteiger partial charge is 0.505 e. The van der Waals surface area contributed by atoms with Gasteiger partial charge < -0.3 is 15.2 Å². The summed E-state index contributed by atoms with van der Waals surface area (Å²) in [5.74, 6) is -0.702. The quantitative estimate of drug-likeness (QED) is 0.653. The molecule has 2 aromatic carbocycles. The number of anilines is 1. The number of nitro benzene ring substituents is 1. The highest BCUT2D eigenvalue weighted by Crippen LogP contribution is 2.29. The van der Waals surface area contributed by atoms with Gasteiger partial charge in [0.1, 0.15) is 5.75 Å². The van der Waals surface area contributed by atoms with Crippen molar-refractivity contribution in [1.29, 1.82) is 0 Å². The van der Waals surface area contributed by atoms with Crippen molar-refractivity contribution in [3.05, 3.63) is 57.9 Å². The van der Waals surface area contributed by atoms with E-state index >= 15 is 0 Å². The zero-order chi connectivity index (χ0) is 15.4. The van der Waals surface area contributed by atoms with Crippen LogP contribution in [0.1, 0.15) is 5.56 Å². The zero-order valence-electron chi connectivity index (χ0n) is 11.2. The first-order chi connectivity index (χ1) is 10.0. The Morgan fingerprint density at radius 3 is 2.71 bits per heavy atom. The molecule has 0 spiro atoms. The van der Waals surface area contributed by atoms with Crippen LogP contribution in [0.15, 0.2) is 36.4 Å². The molecule has 110 valence electrons. The molecule has 2 N–H and O–H groups in total. The monoisotopic (exact) mass is 292 g/mol. The molecule has 0 unspecified atom stereocenters. The summed E-state index contributed by atoms with van der Waals surface area (Å²) in [4.78, 5) is 10.3. The third-order valence-corrected chi connectivity index (χ3v) is 2.89. The summed E-state index contributed by atoms with van der Waals surface area (Å²) >= 11 is 0. The Balaban J connectivity index is 2.19. The third-order valence-electron chi connectivity index (χ3n) is 2.89. The highest BCUT2D eigenvalue weighted by molar-refractivity contribution is 5.61. The van der Waals surface area contributed by atoms with Crippen LogP contribution in [-0.4, -0.2) is 17.1 Å². The number of ether oxygens (including phenoxy) is 1. The summed E-state index contributed by atoms with van der Waals surface area (Å²) in [6.07, 6.45) is 0. The fourth-order valence-corrected chi connectivity index (χ4v) is 1.81. The molecule has 0 fully saturated rings. The van der Waals surface area contributed by atoms with Gasteiger partial charge in [-0.3, -0.25) is 10.1 Å². The Kier molecular flexibility index (Phi) is 4.22. The van der Waals surface area contributed by atoms with Crippen LogP contribution >= 0.6 is 0 Å². The van der Waals surface area contributed by atoms with Gasteiger partial charge in [-0.25, -0.2) is 4.39 Å². The zero-order valence-corrected chi connectivity index (χ0v) is 11.2. The van der Waals surface area contributed by atoms with Crippen LogP contribution in [0.3, 0.4) is 0 Å². The van der Waals surface area contributed by atoms with Crippen molar-refractivity contribution in [3.8, 4) is 11.5 Å². The molecule has 0 aliphatic heterocycles. The average Bonchev–Trinajstić information content (AvgIpc) is 2.48. The lowest BCUT2D eigenvalue weighted by Gasteiger charge is -2.11. The maximum absolute atomic E-state index is 13.2. The van der Waals surface area contributed by atoms with E-state index in [4.69, 9.17) is 9.84 Å². The molecular formula is C14H13FN2O4. The van der Waals surface area contributed by atoms with Crippen LogP contribution < -0.4 is 10.1 Å². The molecule has 0 saturated carbocycles. The van der Waals surface area contributed by atoms with E-state index in [9.17, 15) is 14.5 Å². The number of nitrogens with zero attached hydrogens (tertiary/aromatic N) is 1. The molecule has 0 aliphatic rings. The number of hydrogen-bond acceptors (Lipinski definition) is 5. The minimum Gasteiger partial charge on any atom is -0.505 e. The Morgan fingerprint density at radius 2 is 2.10 bits per heavy atom. The standard InChI is InChI=1S/C14H13FN2O4/c1-21-14-5-3-10(17(19)20)7-12(14)16-8-9-2-4-13(18)11(15)6-9/h2-7,16,18H,8H2,1H3. The second-order valence-corrected chi connectivity index (χ2v) is 4.28. The molecule has 6 nitrogen and oxygen atoms in total. The van der Waals surface area contributed by atoms with E-state index in [2.05, 4.69) is 5.32 Å². The first-order valence-electron chi connectivity index (χ1n) is 6.05. The van der Waals surface area contributed by atoms with E-state index in [0.29, 0.717) is 17.0 Å². The Bertz CT molecular complexity index is 676. The van der Waals surface area contributed by atoms with Crippen molar-refractivity contribution in [2.75, 3.05) is 12.4 Å². The van der Waals surface area contributed by atoms with Crippen molar-refractivity contribution in [3.63, 3.8) is 0 Å². The van der Waals surface area contributed by atoms with E-state index in [1.165, 1.54) is 37.4 Å². The number of nitro groups is 1. The van der Waals surface area contributed by atoms with Crippen LogP contribution in [0, 0.1) is 15.9 Å². The SMILES string of the molecule is COc1ccc([N+](=O)[O-])cc1NCc1ccc(O)c(F)c1. The number of phenols is 1. The van der Waals surface area contributed by atoms with Crippen molar-refractivity contribution in [2.45, 2.75) is 6.54 Å². The van der Waals surface area contributed by atoms with Gasteiger partial charge in [0.15, 0.2) is 11.6 Å². The van der Waals surface area contributed by atoms with Crippen LogP contribution in [-0.2, 0) is 6.54 Å². The van der Waals surface area contributed by atoms with Crippen LogP contribution in [0.4, 0.5) is 15.8 Å². The number of rotatable bonds is 5. The Hall–Kier alpha value is -2.83. The number of methoxy groups -OCH3 is 1. The van der Waals surface area contributed by atoms with E-state index < -0.39 is 16.5 Å². The molecular weight excluding hydrogens is 279 g/mol. The lowest BCUT2D eigenvalue weighted by Crippen LogP contribution is -2.02. The van der Waals surface area contributed by atoms with Crippen molar-refractivity contribution < 1.29 is 19.2 Å². The van der Waals surface area contributed by atoms with Gasteiger partial charge in [-0.2, -0.15) is 0 Å². The highest BCUT2D eigenvalue weighted by atomic mass is 19.1. The van der Waals surface area contributed by atoms with Gasteiger partial charge in [0, 0.05) is 18.7 Å². The molecule has 0 heterocycles. The number of benzene rings is 2. The van der Waals surface area contributed by atoms with Crippen LogP contribution in [0.2, 0.25) is 0 Å². The lowest BCUT2D eigenvalue weighted by atomic mass is 10.2. The minimum atomic E-state index is -0.722. The highest BCUT2D eigenvalue weighted by Gasteiger charge is 2.11. The van der Waals surface area contributed by atoms with Crippen molar-refractivity contribution >= 4 is 11.4 Å². The summed E-state index contributed by atoms with van der Waals surface area (Å²) in [6.45, 7) is 0.231. The number of non-ortho nitro benzene ring substituents is 1.